The number of aliphatic carboxylic acids is 1. The number of nitrogens with zero attached hydrogens (tertiary/aromatic N) is 1. The van der Waals surface area contributed by atoms with Crippen LogP contribution in [-0.2, 0) is 19.4 Å². The van der Waals surface area contributed by atoms with E-state index in [0.29, 0.717) is 6.42 Å². The van der Waals surface area contributed by atoms with Gasteiger partial charge in [-0.2, -0.15) is 0 Å². The Morgan fingerprint density at radius 2 is 1.94 bits per heavy atom. The van der Waals surface area contributed by atoms with E-state index in [0.717, 1.165) is 0 Å². The van der Waals surface area contributed by atoms with E-state index in [1.165, 1.54) is 25.8 Å². The van der Waals surface area contributed by atoms with E-state index in [1.807, 2.05) is 0 Å². The fourth-order valence-electron chi connectivity index (χ4n) is 1.87. The molecule has 1 atom stereocenters. The van der Waals surface area contributed by atoms with E-state index in [-0.39, 0.29) is 29.8 Å². The molecule has 0 aliphatic carbocycles. The molecule has 18 heavy (non-hydrogen) atoms. The molecule has 1 N–H and O–H groups in total. The Kier molecular flexibility index (Phi) is 4.05. The van der Waals surface area contributed by atoms with Gasteiger partial charge in [-0.05, 0) is 26.2 Å². The number of likely N-dealkylation sites (N-methyl/N-ethyl adjacent to an activating group) is 1. The normalized spacial score (nSPS) is 22.7. The summed E-state index contributed by atoms with van der Waals surface area (Å²) in [5, 5.41) is 9.01. The van der Waals surface area contributed by atoms with Gasteiger partial charge in [0.25, 0.3) is 0 Å². The van der Waals surface area contributed by atoms with E-state index in [2.05, 4.69) is 0 Å². The van der Waals surface area contributed by atoms with Crippen LogP contribution in [0.15, 0.2) is 0 Å². The smallest absolute Gasteiger partial charge is 0.329 e. The van der Waals surface area contributed by atoms with E-state index < -0.39 is 21.3 Å². The van der Waals surface area contributed by atoms with Gasteiger partial charge in [-0.3, -0.25) is 4.79 Å². The van der Waals surface area contributed by atoms with Crippen molar-refractivity contribution in [1.29, 1.82) is 0 Å². The van der Waals surface area contributed by atoms with Crippen LogP contribution < -0.4 is 0 Å². The Bertz CT molecular complexity index is 454. The minimum absolute atomic E-state index is 0.0279. The standard InChI is InChI=1S/C11H19NO5S/c1-11(2,10(14)15)12(3)9(13)6-8-4-5-18(16,17)7-8/h8H,4-7H2,1-3H3,(H,14,15). The molecule has 0 bridgehead atoms. The monoisotopic (exact) mass is 277 g/mol. The van der Waals surface area contributed by atoms with Gasteiger partial charge < -0.3 is 10.0 Å². The van der Waals surface area contributed by atoms with Crippen LogP contribution in [0.2, 0.25) is 0 Å². The van der Waals surface area contributed by atoms with Crippen molar-refractivity contribution >= 4 is 21.7 Å². The van der Waals surface area contributed by atoms with Gasteiger partial charge in [0, 0.05) is 13.5 Å². The summed E-state index contributed by atoms with van der Waals surface area (Å²) in [6.45, 7) is 2.89. The Balaban J connectivity index is 2.64. The van der Waals surface area contributed by atoms with Gasteiger partial charge in [-0.15, -0.1) is 0 Å². The second-order valence-electron chi connectivity index (χ2n) is 5.29. The predicted molar refractivity (Wildman–Crippen MR) is 65.9 cm³/mol. The number of hydrogen-bond donors (Lipinski definition) is 1. The fraction of sp³-hybridized carbons (Fsp3) is 0.818. The van der Waals surface area contributed by atoms with Crippen LogP contribution >= 0.6 is 0 Å². The lowest BCUT2D eigenvalue weighted by molar-refractivity contribution is -0.155. The van der Waals surface area contributed by atoms with Crippen molar-refractivity contribution in [3.63, 3.8) is 0 Å². The molecule has 1 aliphatic heterocycles. The van der Waals surface area contributed by atoms with Crippen molar-refractivity contribution < 1.29 is 23.1 Å². The zero-order chi connectivity index (χ0) is 14.1. The number of rotatable bonds is 4. The van der Waals surface area contributed by atoms with Crippen LogP contribution in [0.1, 0.15) is 26.7 Å². The minimum Gasteiger partial charge on any atom is -0.480 e. The van der Waals surface area contributed by atoms with Crippen molar-refractivity contribution in [2.75, 3.05) is 18.6 Å². The van der Waals surface area contributed by atoms with E-state index in [9.17, 15) is 18.0 Å². The molecule has 1 amide bonds. The van der Waals surface area contributed by atoms with Crippen LogP contribution in [0.3, 0.4) is 0 Å². The second kappa shape index (κ2) is 4.87. The van der Waals surface area contributed by atoms with Gasteiger partial charge in [-0.25, -0.2) is 13.2 Å². The zero-order valence-electron chi connectivity index (χ0n) is 10.8. The highest BCUT2D eigenvalue weighted by atomic mass is 32.2. The number of carboxylic acids is 1. The third kappa shape index (κ3) is 3.22. The molecule has 0 spiro atoms. The summed E-state index contributed by atoms with van der Waals surface area (Å²) in [5.74, 6) is -1.45. The van der Waals surface area contributed by atoms with Gasteiger partial charge in [0.1, 0.15) is 5.54 Å². The summed E-state index contributed by atoms with van der Waals surface area (Å²) in [6, 6.07) is 0. The molecule has 1 heterocycles. The van der Waals surface area contributed by atoms with Crippen LogP contribution in [0.4, 0.5) is 0 Å². The van der Waals surface area contributed by atoms with E-state index >= 15 is 0 Å². The maximum Gasteiger partial charge on any atom is 0.329 e. The lowest BCUT2D eigenvalue weighted by Gasteiger charge is -2.32. The predicted octanol–water partition coefficient (Wildman–Crippen LogP) is 0.133. The highest BCUT2D eigenvalue weighted by Gasteiger charge is 2.37. The molecule has 0 aromatic heterocycles. The number of hydrogen-bond acceptors (Lipinski definition) is 4. The molecule has 1 aliphatic rings. The lowest BCUT2D eigenvalue weighted by Crippen LogP contribution is -2.51. The van der Waals surface area contributed by atoms with Crippen molar-refractivity contribution in [3.8, 4) is 0 Å². The lowest BCUT2D eigenvalue weighted by atomic mass is 10.00. The summed E-state index contributed by atoms with van der Waals surface area (Å²) in [5.41, 5.74) is -1.28. The number of sulfone groups is 1. The number of carbonyl (C=O) groups excluding carboxylic acids is 1. The Labute approximate surface area is 107 Å². The molecule has 104 valence electrons. The summed E-state index contributed by atoms with van der Waals surface area (Å²) in [7, 11) is -1.58. The average molecular weight is 277 g/mol. The van der Waals surface area contributed by atoms with E-state index in [1.54, 1.807) is 0 Å². The van der Waals surface area contributed by atoms with Crippen molar-refractivity contribution in [3.05, 3.63) is 0 Å². The molecule has 0 radical (unpaired) electrons. The second-order valence-corrected chi connectivity index (χ2v) is 7.52. The molecule has 7 heteroatoms. The van der Waals surface area contributed by atoms with Crippen LogP contribution in [-0.4, -0.2) is 54.4 Å². The molecule has 0 saturated carbocycles. The summed E-state index contributed by atoms with van der Waals surface area (Å²) < 4.78 is 22.6. The third-order valence-electron chi connectivity index (χ3n) is 3.53. The molecule has 0 aromatic carbocycles. The first-order valence-electron chi connectivity index (χ1n) is 5.77. The number of amides is 1. The van der Waals surface area contributed by atoms with Gasteiger partial charge in [0.05, 0.1) is 11.5 Å². The maximum atomic E-state index is 11.9. The molecule has 1 saturated heterocycles. The summed E-state index contributed by atoms with van der Waals surface area (Å²) in [4.78, 5) is 24.1. The quantitative estimate of drug-likeness (QED) is 0.788. The molecule has 0 aromatic rings. The third-order valence-corrected chi connectivity index (χ3v) is 5.36. The van der Waals surface area contributed by atoms with Crippen LogP contribution in [0.5, 0.6) is 0 Å². The topological polar surface area (TPSA) is 91.8 Å². The van der Waals surface area contributed by atoms with Gasteiger partial charge in [-0.1, -0.05) is 0 Å². The largest absolute Gasteiger partial charge is 0.480 e. The Morgan fingerprint density at radius 1 is 1.39 bits per heavy atom. The number of carboxylic acid groups (broad SMARTS) is 1. The van der Waals surface area contributed by atoms with Crippen LogP contribution in [0, 0.1) is 5.92 Å². The molecular formula is C11H19NO5S. The average Bonchev–Trinajstić information content (AvgIpc) is 2.56. The van der Waals surface area contributed by atoms with E-state index in [4.69, 9.17) is 5.11 Å². The fourth-order valence-corrected chi connectivity index (χ4v) is 3.73. The van der Waals surface area contributed by atoms with Gasteiger partial charge in [0.2, 0.25) is 5.91 Å². The molecule has 1 unspecified atom stereocenters. The van der Waals surface area contributed by atoms with Crippen molar-refractivity contribution in [1.82, 2.24) is 4.90 Å². The highest BCUT2D eigenvalue weighted by molar-refractivity contribution is 7.91. The Morgan fingerprint density at radius 3 is 2.33 bits per heavy atom. The SMILES string of the molecule is CN(C(=O)CC1CCS(=O)(=O)C1)C(C)(C)C(=O)O. The van der Waals surface area contributed by atoms with Crippen LogP contribution in [0.25, 0.3) is 0 Å². The highest BCUT2D eigenvalue weighted by Crippen LogP contribution is 2.24. The summed E-state index contributed by atoms with van der Waals surface area (Å²) >= 11 is 0. The first-order chi connectivity index (χ1) is 8.06. The first-order valence-corrected chi connectivity index (χ1v) is 7.59. The van der Waals surface area contributed by atoms with Crippen molar-refractivity contribution in [2.45, 2.75) is 32.2 Å². The molecule has 6 nitrogen and oxygen atoms in total. The maximum absolute atomic E-state index is 11.9. The molecular weight excluding hydrogens is 258 g/mol. The number of carbonyl (C=O) groups is 2. The first kappa shape index (κ1) is 14.9. The Hall–Kier alpha value is -1.11. The van der Waals surface area contributed by atoms with Gasteiger partial charge >= 0.3 is 5.97 Å². The summed E-state index contributed by atoms with van der Waals surface area (Å²) in [6.07, 6.45) is 0.571. The zero-order valence-corrected chi connectivity index (χ0v) is 11.7. The van der Waals surface area contributed by atoms with Crippen molar-refractivity contribution in [2.24, 2.45) is 5.92 Å². The minimum atomic E-state index is -3.01. The van der Waals surface area contributed by atoms with Gasteiger partial charge in [0.15, 0.2) is 9.84 Å². The molecule has 1 fully saturated rings. The molecule has 1 rings (SSSR count).